The lowest BCUT2D eigenvalue weighted by molar-refractivity contribution is -0.121. The SMILES string of the molecule is CC(NC(=O)CCc1ccc(S(N)(=O)=O)cc1)c1ccc(Br)cc1. The minimum Gasteiger partial charge on any atom is -0.350 e. The van der Waals surface area contributed by atoms with Crippen molar-refractivity contribution in [3.8, 4) is 0 Å². The molecule has 24 heavy (non-hydrogen) atoms. The van der Waals surface area contributed by atoms with Gasteiger partial charge in [0.1, 0.15) is 0 Å². The summed E-state index contributed by atoms with van der Waals surface area (Å²) in [5, 5.41) is 8.00. The fraction of sp³-hybridized carbons (Fsp3) is 0.235. The molecule has 0 bridgehead atoms. The minimum absolute atomic E-state index is 0.0547. The van der Waals surface area contributed by atoms with Crippen LogP contribution in [-0.2, 0) is 21.2 Å². The molecule has 2 aromatic carbocycles. The van der Waals surface area contributed by atoms with Crippen molar-refractivity contribution in [2.45, 2.75) is 30.7 Å². The third kappa shape index (κ3) is 5.43. The molecule has 0 fully saturated rings. The van der Waals surface area contributed by atoms with Crippen molar-refractivity contribution in [3.05, 3.63) is 64.1 Å². The van der Waals surface area contributed by atoms with Gasteiger partial charge in [-0.25, -0.2) is 13.6 Å². The highest BCUT2D eigenvalue weighted by molar-refractivity contribution is 9.10. The Morgan fingerprint density at radius 2 is 1.71 bits per heavy atom. The number of sulfonamides is 1. The normalized spacial score (nSPS) is 12.6. The van der Waals surface area contributed by atoms with Crippen LogP contribution in [0.3, 0.4) is 0 Å². The van der Waals surface area contributed by atoms with E-state index in [9.17, 15) is 13.2 Å². The smallest absolute Gasteiger partial charge is 0.238 e. The second-order valence-corrected chi connectivity index (χ2v) is 8.01. The van der Waals surface area contributed by atoms with E-state index in [2.05, 4.69) is 21.2 Å². The van der Waals surface area contributed by atoms with E-state index in [0.717, 1.165) is 15.6 Å². The molecule has 0 aliphatic heterocycles. The molecule has 128 valence electrons. The molecule has 0 aliphatic carbocycles. The zero-order valence-electron chi connectivity index (χ0n) is 13.2. The number of rotatable bonds is 6. The van der Waals surface area contributed by atoms with E-state index in [-0.39, 0.29) is 16.8 Å². The van der Waals surface area contributed by atoms with Crippen LogP contribution in [0, 0.1) is 0 Å². The fourth-order valence-corrected chi connectivity index (χ4v) is 3.03. The second kappa shape index (κ2) is 7.92. The lowest BCUT2D eigenvalue weighted by Gasteiger charge is -2.14. The maximum atomic E-state index is 12.1. The lowest BCUT2D eigenvalue weighted by Crippen LogP contribution is -2.26. The van der Waals surface area contributed by atoms with Gasteiger partial charge in [-0.1, -0.05) is 40.2 Å². The van der Waals surface area contributed by atoms with Crippen LogP contribution in [0.15, 0.2) is 57.9 Å². The Kier molecular flexibility index (Phi) is 6.15. The maximum Gasteiger partial charge on any atom is 0.238 e. The predicted octanol–water partition coefficient (Wildman–Crippen LogP) is 2.91. The number of nitrogens with two attached hydrogens (primary N) is 1. The first-order valence-corrected chi connectivity index (χ1v) is 9.76. The molecule has 5 nitrogen and oxygen atoms in total. The number of aryl methyl sites for hydroxylation is 1. The van der Waals surface area contributed by atoms with Crippen LogP contribution in [0.2, 0.25) is 0 Å². The van der Waals surface area contributed by atoms with E-state index in [4.69, 9.17) is 5.14 Å². The Morgan fingerprint density at radius 1 is 1.12 bits per heavy atom. The Bertz CT molecular complexity index is 803. The lowest BCUT2D eigenvalue weighted by atomic mass is 10.1. The van der Waals surface area contributed by atoms with Crippen molar-refractivity contribution in [2.24, 2.45) is 5.14 Å². The van der Waals surface area contributed by atoms with E-state index < -0.39 is 10.0 Å². The molecule has 1 atom stereocenters. The van der Waals surface area contributed by atoms with Gasteiger partial charge in [-0.3, -0.25) is 4.79 Å². The zero-order chi connectivity index (χ0) is 17.7. The molecular weight excluding hydrogens is 392 g/mol. The average molecular weight is 411 g/mol. The average Bonchev–Trinajstić information content (AvgIpc) is 2.53. The molecule has 0 heterocycles. The number of hydrogen-bond acceptors (Lipinski definition) is 3. The molecule has 7 heteroatoms. The van der Waals surface area contributed by atoms with E-state index in [0.29, 0.717) is 12.8 Å². The summed E-state index contributed by atoms with van der Waals surface area (Å²) >= 11 is 3.38. The van der Waals surface area contributed by atoms with Gasteiger partial charge < -0.3 is 5.32 Å². The third-order valence-electron chi connectivity index (χ3n) is 3.64. The molecule has 0 spiro atoms. The molecule has 1 amide bonds. The Morgan fingerprint density at radius 3 is 2.25 bits per heavy atom. The number of halogens is 1. The summed E-state index contributed by atoms with van der Waals surface area (Å²) in [7, 11) is -3.68. The molecule has 2 aromatic rings. The van der Waals surface area contributed by atoms with Crippen LogP contribution in [0.1, 0.15) is 30.5 Å². The minimum atomic E-state index is -3.68. The number of primary sulfonamides is 1. The predicted molar refractivity (Wildman–Crippen MR) is 96.8 cm³/mol. The van der Waals surface area contributed by atoms with Gasteiger partial charge in [0.2, 0.25) is 15.9 Å². The summed E-state index contributed by atoms with van der Waals surface area (Å²) in [6.07, 6.45) is 0.860. The van der Waals surface area contributed by atoms with Gasteiger partial charge >= 0.3 is 0 Å². The van der Waals surface area contributed by atoms with Gasteiger partial charge in [0.25, 0.3) is 0 Å². The highest BCUT2D eigenvalue weighted by Crippen LogP contribution is 2.17. The van der Waals surface area contributed by atoms with Gasteiger partial charge in [-0.05, 0) is 48.7 Å². The number of amides is 1. The monoisotopic (exact) mass is 410 g/mol. The standard InChI is InChI=1S/C17H19BrN2O3S/c1-12(14-5-7-15(18)8-6-14)20-17(21)11-4-13-2-9-16(10-3-13)24(19,22)23/h2-3,5-10,12H,4,11H2,1H3,(H,20,21)(H2,19,22,23). The highest BCUT2D eigenvalue weighted by Gasteiger charge is 2.10. The number of carbonyl (C=O) groups is 1. The topological polar surface area (TPSA) is 89.3 Å². The molecule has 0 aliphatic rings. The maximum absolute atomic E-state index is 12.1. The number of nitrogens with one attached hydrogen (secondary N) is 1. The van der Waals surface area contributed by atoms with Crippen LogP contribution in [0.5, 0.6) is 0 Å². The summed E-state index contributed by atoms with van der Waals surface area (Å²) in [5.74, 6) is -0.0547. The number of benzene rings is 2. The van der Waals surface area contributed by atoms with Crippen molar-refractivity contribution in [2.75, 3.05) is 0 Å². The molecular formula is C17H19BrN2O3S. The first-order valence-electron chi connectivity index (χ1n) is 7.42. The third-order valence-corrected chi connectivity index (χ3v) is 5.10. The number of hydrogen-bond donors (Lipinski definition) is 2. The van der Waals surface area contributed by atoms with Gasteiger partial charge in [0.15, 0.2) is 0 Å². The summed E-state index contributed by atoms with van der Waals surface area (Å²) < 4.78 is 23.4. The van der Waals surface area contributed by atoms with Gasteiger partial charge in [-0.2, -0.15) is 0 Å². The largest absolute Gasteiger partial charge is 0.350 e. The molecule has 0 saturated heterocycles. The molecule has 0 saturated carbocycles. The van der Waals surface area contributed by atoms with E-state index in [1.807, 2.05) is 31.2 Å². The first kappa shape index (κ1) is 18.6. The highest BCUT2D eigenvalue weighted by atomic mass is 79.9. The quantitative estimate of drug-likeness (QED) is 0.766. The zero-order valence-corrected chi connectivity index (χ0v) is 15.6. The van der Waals surface area contributed by atoms with Crippen LogP contribution in [0.25, 0.3) is 0 Å². The number of carbonyl (C=O) groups excluding carboxylic acids is 1. The molecule has 1 unspecified atom stereocenters. The van der Waals surface area contributed by atoms with Crippen LogP contribution >= 0.6 is 15.9 Å². The summed E-state index contributed by atoms with van der Waals surface area (Å²) in [6, 6.07) is 14.0. The van der Waals surface area contributed by atoms with Gasteiger partial charge in [-0.15, -0.1) is 0 Å². The first-order chi connectivity index (χ1) is 11.3. The van der Waals surface area contributed by atoms with Crippen molar-refractivity contribution >= 4 is 31.9 Å². The van der Waals surface area contributed by atoms with Gasteiger partial charge in [0.05, 0.1) is 10.9 Å². The van der Waals surface area contributed by atoms with E-state index in [1.54, 1.807) is 12.1 Å². The Balaban J connectivity index is 1.87. The van der Waals surface area contributed by atoms with Crippen LogP contribution < -0.4 is 10.5 Å². The van der Waals surface area contributed by atoms with E-state index >= 15 is 0 Å². The van der Waals surface area contributed by atoms with Crippen molar-refractivity contribution in [3.63, 3.8) is 0 Å². The Labute approximate surface area is 150 Å². The molecule has 2 rings (SSSR count). The molecule has 0 radical (unpaired) electrons. The second-order valence-electron chi connectivity index (χ2n) is 5.53. The van der Waals surface area contributed by atoms with Crippen molar-refractivity contribution in [1.82, 2.24) is 5.32 Å². The van der Waals surface area contributed by atoms with Crippen LogP contribution in [0.4, 0.5) is 0 Å². The van der Waals surface area contributed by atoms with Crippen molar-refractivity contribution in [1.29, 1.82) is 0 Å². The summed E-state index contributed by atoms with van der Waals surface area (Å²) in [6.45, 7) is 1.93. The molecule has 0 aromatic heterocycles. The van der Waals surface area contributed by atoms with Crippen molar-refractivity contribution < 1.29 is 13.2 Å². The van der Waals surface area contributed by atoms with Crippen LogP contribution in [-0.4, -0.2) is 14.3 Å². The molecule has 3 N–H and O–H groups in total. The summed E-state index contributed by atoms with van der Waals surface area (Å²) in [4.78, 5) is 12.1. The fourth-order valence-electron chi connectivity index (χ4n) is 2.25. The van der Waals surface area contributed by atoms with E-state index in [1.165, 1.54) is 12.1 Å². The van der Waals surface area contributed by atoms with Gasteiger partial charge in [0, 0.05) is 10.9 Å². The summed E-state index contributed by atoms with van der Waals surface area (Å²) in [5.41, 5.74) is 1.91. The Hall–Kier alpha value is -1.70.